The maximum Gasteiger partial charge on any atom is 0.354 e. The second-order valence-electron chi connectivity index (χ2n) is 2.92. The van der Waals surface area contributed by atoms with Crippen molar-refractivity contribution in [3.05, 3.63) is 22.5 Å². The predicted octanol–water partition coefficient (Wildman–Crippen LogP) is 1.12. The molecule has 0 aliphatic heterocycles. The number of aromatic nitrogens is 1. The van der Waals surface area contributed by atoms with E-state index in [9.17, 15) is 9.59 Å². The van der Waals surface area contributed by atoms with E-state index in [0.29, 0.717) is 11.1 Å². The van der Waals surface area contributed by atoms with Crippen LogP contribution in [-0.2, 0) is 4.74 Å². The summed E-state index contributed by atoms with van der Waals surface area (Å²) in [5.41, 5.74) is 1.39. The van der Waals surface area contributed by atoms with Gasteiger partial charge in [-0.05, 0) is 25.0 Å². The summed E-state index contributed by atoms with van der Waals surface area (Å²) in [7, 11) is 1.25. The van der Waals surface area contributed by atoms with Gasteiger partial charge in [0, 0.05) is 0 Å². The van der Waals surface area contributed by atoms with Crippen molar-refractivity contribution in [1.82, 2.24) is 4.98 Å². The molecule has 0 amide bonds. The molecule has 0 aromatic carbocycles. The molecule has 0 saturated carbocycles. The molecule has 1 heterocycles. The smallest absolute Gasteiger partial charge is 0.354 e. The van der Waals surface area contributed by atoms with Crippen LogP contribution in [0.5, 0.6) is 0 Å². The highest BCUT2D eigenvalue weighted by Gasteiger charge is 2.20. The number of carboxylic acids is 1. The van der Waals surface area contributed by atoms with Crippen molar-refractivity contribution in [2.75, 3.05) is 7.11 Å². The Morgan fingerprint density at radius 3 is 2.07 bits per heavy atom. The summed E-state index contributed by atoms with van der Waals surface area (Å²) in [5, 5.41) is 8.77. The van der Waals surface area contributed by atoms with Crippen LogP contribution in [0.15, 0.2) is 0 Å². The van der Waals surface area contributed by atoms with E-state index >= 15 is 0 Å². The Labute approximate surface area is 80.7 Å². The van der Waals surface area contributed by atoms with Gasteiger partial charge in [-0.2, -0.15) is 0 Å². The number of aromatic amines is 1. The molecular formula is C9H11NO4. The first-order valence-corrected chi connectivity index (χ1v) is 3.99. The molecule has 0 atom stereocenters. The van der Waals surface area contributed by atoms with Crippen LogP contribution in [0.4, 0.5) is 0 Å². The number of rotatable bonds is 2. The standard InChI is InChI=1S/C9H11NO4/c1-4-5(2)7(9(13)14-3)10-6(4)8(11)12/h10H,1-3H3,(H,11,12). The van der Waals surface area contributed by atoms with E-state index in [2.05, 4.69) is 9.72 Å². The molecule has 0 aliphatic carbocycles. The van der Waals surface area contributed by atoms with E-state index in [1.54, 1.807) is 13.8 Å². The number of aromatic carboxylic acids is 1. The fraction of sp³-hybridized carbons (Fsp3) is 0.333. The minimum Gasteiger partial charge on any atom is -0.477 e. The Hall–Kier alpha value is -1.78. The highest BCUT2D eigenvalue weighted by atomic mass is 16.5. The predicted molar refractivity (Wildman–Crippen MR) is 48.6 cm³/mol. The van der Waals surface area contributed by atoms with Gasteiger partial charge < -0.3 is 14.8 Å². The van der Waals surface area contributed by atoms with E-state index in [1.165, 1.54) is 7.11 Å². The van der Waals surface area contributed by atoms with Crippen LogP contribution in [0.1, 0.15) is 32.1 Å². The van der Waals surface area contributed by atoms with Gasteiger partial charge in [0.1, 0.15) is 11.4 Å². The lowest BCUT2D eigenvalue weighted by molar-refractivity contribution is 0.0594. The van der Waals surface area contributed by atoms with Crippen molar-refractivity contribution in [2.24, 2.45) is 0 Å². The monoisotopic (exact) mass is 197 g/mol. The Balaban J connectivity index is 3.28. The number of carbonyl (C=O) groups is 2. The number of hydrogen-bond donors (Lipinski definition) is 2. The first-order valence-electron chi connectivity index (χ1n) is 3.99. The molecule has 0 saturated heterocycles. The summed E-state index contributed by atoms with van der Waals surface area (Å²) >= 11 is 0. The van der Waals surface area contributed by atoms with Gasteiger partial charge in [0.2, 0.25) is 0 Å². The van der Waals surface area contributed by atoms with Crippen molar-refractivity contribution in [3.63, 3.8) is 0 Å². The molecule has 14 heavy (non-hydrogen) atoms. The number of carbonyl (C=O) groups excluding carboxylic acids is 1. The Morgan fingerprint density at radius 2 is 1.71 bits per heavy atom. The van der Waals surface area contributed by atoms with E-state index < -0.39 is 11.9 Å². The fourth-order valence-electron chi connectivity index (χ4n) is 1.21. The summed E-state index contributed by atoms with van der Waals surface area (Å²) < 4.78 is 4.50. The largest absolute Gasteiger partial charge is 0.477 e. The molecule has 5 heteroatoms. The highest BCUT2D eigenvalue weighted by molar-refractivity contribution is 5.95. The molecule has 76 valence electrons. The first-order chi connectivity index (χ1) is 6.49. The molecule has 0 spiro atoms. The van der Waals surface area contributed by atoms with Crippen molar-refractivity contribution < 1.29 is 19.4 Å². The lowest BCUT2D eigenvalue weighted by Crippen LogP contribution is -2.04. The van der Waals surface area contributed by atoms with Gasteiger partial charge >= 0.3 is 11.9 Å². The zero-order chi connectivity index (χ0) is 10.9. The first kappa shape index (κ1) is 10.3. The van der Waals surface area contributed by atoms with Crippen molar-refractivity contribution in [2.45, 2.75) is 13.8 Å². The molecule has 1 rings (SSSR count). The topological polar surface area (TPSA) is 79.4 Å². The van der Waals surface area contributed by atoms with Crippen LogP contribution in [0, 0.1) is 13.8 Å². The third-order valence-electron chi connectivity index (χ3n) is 2.17. The quantitative estimate of drug-likeness (QED) is 0.696. The minimum atomic E-state index is -1.08. The number of methoxy groups -OCH3 is 1. The Bertz CT molecular complexity index is 392. The van der Waals surface area contributed by atoms with E-state index in [4.69, 9.17) is 5.11 Å². The van der Waals surface area contributed by atoms with Gasteiger partial charge in [-0.1, -0.05) is 0 Å². The van der Waals surface area contributed by atoms with Crippen LogP contribution < -0.4 is 0 Å². The third-order valence-corrected chi connectivity index (χ3v) is 2.17. The zero-order valence-corrected chi connectivity index (χ0v) is 8.17. The zero-order valence-electron chi connectivity index (χ0n) is 8.17. The van der Waals surface area contributed by atoms with Crippen LogP contribution in [0.2, 0.25) is 0 Å². The van der Waals surface area contributed by atoms with Gasteiger partial charge in [-0.25, -0.2) is 9.59 Å². The molecule has 0 fully saturated rings. The van der Waals surface area contributed by atoms with E-state index in [1.807, 2.05) is 0 Å². The molecular weight excluding hydrogens is 186 g/mol. The second-order valence-corrected chi connectivity index (χ2v) is 2.92. The average molecular weight is 197 g/mol. The summed E-state index contributed by atoms with van der Waals surface area (Å²) in [5.74, 6) is -1.64. The summed E-state index contributed by atoms with van der Waals surface area (Å²) in [4.78, 5) is 24.4. The maximum absolute atomic E-state index is 11.2. The fourth-order valence-corrected chi connectivity index (χ4v) is 1.21. The van der Waals surface area contributed by atoms with Gasteiger partial charge in [0.05, 0.1) is 7.11 Å². The van der Waals surface area contributed by atoms with Gasteiger partial charge in [-0.3, -0.25) is 0 Å². The number of nitrogens with one attached hydrogen (secondary N) is 1. The summed E-state index contributed by atoms with van der Waals surface area (Å²) in [6.07, 6.45) is 0. The van der Waals surface area contributed by atoms with Gasteiger partial charge in [-0.15, -0.1) is 0 Å². The Kier molecular flexibility index (Phi) is 2.60. The summed E-state index contributed by atoms with van der Waals surface area (Å²) in [6.45, 7) is 3.31. The minimum absolute atomic E-state index is 0.0305. The second kappa shape index (κ2) is 3.53. The number of esters is 1. The number of carboxylic acid groups (broad SMARTS) is 1. The van der Waals surface area contributed by atoms with Crippen molar-refractivity contribution in [3.8, 4) is 0 Å². The molecule has 0 radical (unpaired) electrons. The number of H-pyrrole nitrogens is 1. The molecule has 1 aromatic rings. The van der Waals surface area contributed by atoms with Crippen LogP contribution in [-0.4, -0.2) is 29.1 Å². The molecule has 0 unspecified atom stereocenters. The normalized spacial score (nSPS) is 9.93. The number of hydrogen-bond acceptors (Lipinski definition) is 3. The van der Waals surface area contributed by atoms with Gasteiger partial charge in [0.25, 0.3) is 0 Å². The van der Waals surface area contributed by atoms with Crippen molar-refractivity contribution >= 4 is 11.9 Å². The SMILES string of the molecule is COC(=O)c1[nH]c(C(=O)O)c(C)c1C. The molecule has 0 bridgehead atoms. The van der Waals surface area contributed by atoms with E-state index in [0.717, 1.165) is 0 Å². The third kappa shape index (κ3) is 1.48. The lowest BCUT2D eigenvalue weighted by Gasteiger charge is -1.96. The highest BCUT2D eigenvalue weighted by Crippen LogP contribution is 2.17. The lowest BCUT2D eigenvalue weighted by atomic mass is 10.1. The van der Waals surface area contributed by atoms with Crippen LogP contribution >= 0.6 is 0 Å². The van der Waals surface area contributed by atoms with E-state index in [-0.39, 0.29) is 11.4 Å². The van der Waals surface area contributed by atoms with Crippen LogP contribution in [0.25, 0.3) is 0 Å². The summed E-state index contributed by atoms with van der Waals surface area (Å²) in [6, 6.07) is 0. The number of ether oxygens (including phenoxy) is 1. The maximum atomic E-state index is 11.2. The molecule has 5 nitrogen and oxygen atoms in total. The molecule has 1 aromatic heterocycles. The molecule has 0 aliphatic rings. The van der Waals surface area contributed by atoms with Gasteiger partial charge in [0.15, 0.2) is 0 Å². The van der Waals surface area contributed by atoms with Crippen LogP contribution in [0.3, 0.4) is 0 Å². The Morgan fingerprint density at radius 1 is 1.21 bits per heavy atom. The van der Waals surface area contributed by atoms with Crippen molar-refractivity contribution in [1.29, 1.82) is 0 Å². The average Bonchev–Trinajstić information content (AvgIpc) is 2.43. The molecule has 2 N–H and O–H groups in total.